The highest BCUT2D eigenvalue weighted by Crippen LogP contribution is 2.28. The molecule has 3 heterocycles. The summed E-state index contributed by atoms with van der Waals surface area (Å²) >= 11 is 7.41. The Morgan fingerprint density at radius 3 is 2.88 bits per heavy atom. The molecule has 0 bridgehead atoms. The van der Waals surface area contributed by atoms with E-state index in [1.54, 1.807) is 6.20 Å². The van der Waals surface area contributed by atoms with Crippen molar-refractivity contribution in [1.82, 2.24) is 24.8 Å². The Kier molecular flexibility index (Phi) is 4.76. The van der Waals surface area contributed by atoms with Gasteiger partial charge in [0.15, 0.2) is 0 Å². The second kappa shape index (κ2) is 7.19. The molecule has 0 spiro atoms. The number of carbonyl (C=O) groups excluding carboxylic acids is 1. The number of nitrogens with one attached hydrogen (secondary N) is 1. The quantitative estimate of drug-likeness (QED) is 0.750. The maximum Gasteiger partial charge on any atom is 0.274 e. The lowest BCUT2D eigenvalue weighted by molar-refractivity contribution is 0.0615. The summed E-state index contributed by atoms with van der Waals surface area (Å²) in [5, 5.41) is 6.66. The molecule has 0 aliphatic carbocycles. The van der Waals surface area contributed by atoms with E-state index in [4.69, 9.17) is 11.6 Å². The number of benzene rings is 1. The molecule has 1 atom stereocenters. The molecule has 3 aromatic rings. The van der Waals surface area contributed by atoms with Gasteiger partial charge in [-0.3, -0.25) is 4.79 Å². The van der Waals surface area contributed by atoms with Gasteiger partial charge in [-0.1, -0.05) is 23.7 Å². The van der Waals surface area contributed by atoms with Crippen LogP contribution in [0.4, 0.5) is 0 Å². The average molecular weight is 388 g/mol. The zero-order valence-electron chi connectivity index (χ0n) is 14.2. The number of aryl methyl sites for hydroxylation is 1. The van der Waals surface area contributed by atoms with Crippen molar-refractivity contribution in [2.24, 2.45) is 7.05 Å². The molecular formula is C18H18ClN5OS. The second-order valence-corrected chi connectivity index (χ2v) is 7.45. The summed E-state index contributed by atoms with van der Waals surface area (Å²) in [5.74, 6) is 0.815. The van der Waals surface area contributed by atoms with Crippen LogP contribution in [0.5, 0.6) is 0 Å². The van der Waals surface area contributed by atoms with Crippen molar-refractivity contribution >= 4 is 28.8 Å². The summed E-state index contributed by atoms with van der Waals surface area (Å²) in [4.78, 5) is 23.9. The fraction of sp³-hybridized carbons (Fsp3) is 0.278. The van der Waals surface area contributed by atoms with Gasteiger partial charge in [-0.2, -0.15) is 0 Å². The minimum Gasteiger partial charge on any atom is -0.336 e. The first-order valence-corrected chi connectivity index (χ1v) is 9.59. The standard InChI is InChI=1S/C18H18ClN5OS/c1-23-8-7-21-16(23)15-10-20-6-9-24(15)18(25)14-11-26-17(22-14)12-2-4-13(19)5-3-12/h2-5,7-8,11,15,20H,6,9-10H2,1H3. The monoisotopic (exact) mass is 387 g/mol. The van der Waals surface area contributed by atoms with Gasteiger partial charge in [-0.05, 0) is 12.1 Å². The highest BCUT2D eigenvalue weighted by molar-refractivity contribution is 7.13. The molecule has 1 fully saturated rings. The molecule has 4 rings (SSSR count). The first-order chi connectivity index (χ1) is 12.6. The van der Waals surface area contributed by atoms with E-state index in [9.17, 15) is 4.79 Å². The molecule has 6 nitrogen and oxygen atoms in total. The van der Waals surface area contributed by atoms with Crippen LogP contribution in [0.25, 0.3) is 10.6 Å². The van der Waals surface area contributed by atoms with E-state index in [-0.39, 0.29) is 11.9 Å². The number of aromatic nitrogens is 3. The van der Waals surface area contributed by atoms with E-state index in [1.165, 1.54) is 11.3 Å². The summed E-state index contributed by atoms with van der Waals surface area (Å²) in [6.45, 7) is 2.08. The molecule has 2 aromatic heterocycles. The number of imidazole rings is 1. The maximum absolute atomic E-state index is 13.1. The number of thiazole rings is 1. The van der Waals surface area contributed by atoms with Gasteiger partial charge in [0.2, 0.25) is 0 Å². The van der Waals surface area contributed by atoms with Crippen LogP contribution < -0.4 is 5.32 Å². The van der Waals surface area contributed by atoms with Gasteiger partial charge in [-0.15, -0.1) is 11.3 Å². The number of nitrogens with zero attached hydrogens (tertiary/aromatic N) is 4. The zero-order chi connectivity index (χ0) is 18.1. The second-order valence-electron chi connectivity index (χ2n) is 6.16. The van der Waals surface area contributed by atoms with E-state index in [2.05, 4.69) is 15.3 Å². The molecule has 26 heavy (non-hydrogen) atoms. The van der Waals surface area contributed by atoms with Crippen LogP contribution in [0.1, 0.15) is 22.4 Å². The third-order valence-corrected chi connectivity index (χ3v) is 5.62. The fourth-order valence-corrected chi connectivity index (χ4v) is 4.05. The molecular weight excluding hydrogens is 370 g/mol. The SMILES string of the molecule is Cn1ccnc1C1CNCCN1C(=O)c1csc(-c2ccc(Cl)cc2)n1. The Labute approximate surface area is 160 Å². The molecule has 0 saturated carbocycles. The minimum absolute atomic E-state index is 0.0593. The van der Waals surface area contributed by atoms with Crippen LogP contribution in [0, 0.1) is 0 Å². The Hall–Kier alpha value is -2.22. The molecule has 1 aliphatic rings. The molecule has 134 valence electrons. The van der Waals surface area contributed by atoms with E-state index in [0.29, 0.717) is 23.8 Å². The number of rotatable bonds is 3. The third-order valence-electron chi connectivity index (χ3n) is 4.48. The summed E-state index contributed by atoms with van der Waals surface area (Å²) in [5.41, 5.74) is 1.43. The largest absolute Gasteiger partial charge is 0.336 e. The number of halogens is 1. The van der Waals surface area contributed by atoms with Crippen molar-refractivity contribution < 1.29 is 4.79 Å². The number of amides is 1. The lowest BCUT2D eigenvalue weighted by Crippen LogP contribution is -2.49. The van der Waals surface area contributed by atoms with Crippen molar-refractivity contribution in [3.8, 4) is 10.6 Å². The molecule has 1 amide bonds. The normalized spacial score (nSPS) is 17.5. The highest BCUT2D eigenvalue weighted by Gasteiger charge is 2.32. The van der Waals surface area contributed by atoms with E-state index in [1.807, 2.05) is 52.4 Å². The van der Waals surface area contributed by atoms with Gasteiger partial charge in [0, 0.05) is 55.0 Å². The lowest BCUT2D eigenvalue weighted by atomic mass is 10.1. The summed E-state index contributed by atoms with van der Waals surface area (Å²) in [7, 11) is 1.95. The highest BCUT2D eigenvalue weighted by atomic mass is 35.5. The number of hydrogen-bond acceptors (Lipinski definition) is 5. The van der Waals surface area contributed by atoms with Crippen molar-refractivity contribution in [3.63, 3.8) is 0 Å². The average Bonchev–Trinajstić information content (AvgIpc) is 3.31. The van der Waals surface area contributed by atoms with Crippen LogP contribution in [0.2, 0.25) is 5.02 Å². The summed E-state index contributed by atoms with van der Waals surface area (Å²) in [6.07, 6.45) is 3.65. The van der Waals surface area contributed by atoms with E-state index < -0.39 is 0 Å². The van der Waals surface area contributed by atoms with Crippen LogP contribution in [-0.4, -0.2) is 45.0 Å². The maximum atomic E-state index is 13.1. The third kappa shape index (κ3) is 3.25. The number of piperazine rings is 1. The van der Waals surface area contributed by atoms with Crippen molar-refractivity contribution in [2.75, 3.05) is 19.6 Å². The van der Waals surface area contributed by atoms with Gasteiger partial charge >= 0.3 is 0 Å². The van der Waals surface area contributed by atoms with Crippen molar-refractivity contribution in [3.05, 3.63) is 58.6 Å². The molecule has 1 saturated heterocycles. The van der Waals surface area contributed by atoms with Crippen LogP contribution in [-0.2, 0) is 7.05 Å². The Morgan fingerprint density at radius 2 is 2.15 bits per heavy atom. The van der Waals surface area contributed by atoms with Gasteiger partial charge in [0.05, 0.1) is 0 Å². The minimum atomic E-state index is -0.100. The molecule has 1 unspecified atom stereocenters. The smallest absolute Gasteiger partial charge is 0.274 e. The Balaban J connectivity index is 1.60. The van der Waals surface area contributed by atoms with Crippen molar-refractivity contribution in [2.45, 2.75) is 6.04 Å². The zero-order valence-corrected chi connectivity index (χ0v) is 15.8. The Bertz CT molecular complexity index is 920. The fourth-order valence-electron chi connectivity index (χ4n) is 3.12. The first-order valence-electron chi connectivity index (χ1n) is 8.34. The first kappa shape index (κ1) is 17.2. The molecule has 8 heteroatoms. The van der Waals surface area contributed by atoms with E-state index >= 15 is 0 Å². The van der Waals surface area contributed by atoms with Gasteiger partial charge in [0.1, 0.15) is 22.6 Å². The van der Waals surface area contributed by atoms with Crippen LogP contribution in [0.3, 0.4) is 0 Å². The molecule has 0 radical (unpaired) electrons. The van der Waals surface area contributed by atoms with Crippen molar-refractivity contribution in [1.29, 1.82) is 0 Å². The number of hydrogen-bond donors (Lipinski definition) is 1. The molecule has 1 N–H and O–H groups in total. The Morgan fingerprint density at radius 1 is 1.35 bits per heavy atom. The molecule has 1 aromatic carbocycles. The lowest BCUT2D eigenvalue weighted by Gasteiger charge is -2.35. The van der Waals surface area contributed by atoms with Gasteiger partial charge < -0.3 is 14.8 Å². The predicted molar refractivity (Wildman–Crippen MR) is 102 cm³/mol. The molecule has 1 aliphatic heterocycles. The topological polar surface area (TPSA) is 63.1 Å². The van der Waals surface area contributed by atoms with Crippen LogP contribution >= 0.6 is 22.9 Å². The summed E-state index contributed by atoms with van der Waals surface area (Å²) < 4.78 is 1.96. The van der Waals surface area contributed by atoms with Gasteiger partial charge in [-0.25, -0.2) is 9.97 Å². The van der Waals surface area contributed by atoms with E-state index in [0.717, 1.165) is 22.9 Å². The summed E-state index contributed by atoms with van der Waals surface area (Å²) in [6, 6.07) is 7.38. The van der Waals surface area contributed by atoms with Crippen LogP contribution in [0.15, 0.2) is 42.0 Å². The predicted octanol–water partition coefficient (Wildman–Crippen LogP) is 2.98. The van der Waals surface area contributed by atoms with Gasteiger partial charge in [0.25, 0.3) is 5.91 Å². The number of carbonyl (C=O) groups is 1.